The summed E-state index contributed by atoms with van der Waals surface area (Å²) in [6, 6.07) is 9.36. The minimum Gasteiger partial charge on any atom is -0.354 e. The highest BCUT2D eigenvalue weighted by Crippen LogP contribution is 2.43. The first-order valence-electron chi connectivity index (χ1n) is 11.7. The lowest BCUT2D eigenvalue weighted by molar-refractivity contribution is -0.136. The van der Waals surface area contributed by atoms with E-state index in [9.17, 15) is 14.4 Å². The molecule has 0 radical (unpaired) electrons. The third-order valence-electron chi connectivity index (χ3n) is 7.05. The van der Waals surface area contributed by atoms with Crippen molar-refractivity contribution in [1.82, 2.24) is 25.3 Å². The average Bonchev–Trinajstić information content (AvgIpc) is 3.38. The van der Waals surface area contributed by atoms with Crippen LogP contribution in [0.15, 0.2) is 42.7 Å². The van der Waals surface area contributed by atoms with Crippen molar-refractivity contribution in [2.45, 2.75) is 58.4 Å². The molecule has 176 valence electrons. The minimum absolute atomic E-state index is 0.187. The highest BCUT2D eigenvalue weighted by atomic mass is 16.2. The molecule has 0 unspecified atom stereocenters. The van der Waals surface area contributed by atoms with Crippen LogP contribution < -0.4 is 10.6 Å². The van der Waals surface area contributed by atoms with Gasteiger partial charge >= 0.3 is 6.03 Å². The Kier molecular flexibility index (Phi) is 6.28. The summed E-state index contributed by atoms with van der Waals surface area (Å²) in [4.78, 5) is 39.1. The molecule has 1 saturated heterocycles. The molecule has 4 amide bonds. The number of nitrogens with one attached hydrogen (secondary N) is 2. The first kappa shape index (κ1) is 23.0. The fourth-order valence-electron chi connectivity index (χ4n) is 4.92. The molecule has 8 nitrogen and oxygen atoms in total. The van der Waals surface area contributed by atoms with Gasteiger partial charge in [0.25, 0.3) is 5.91 Å². The Morgan fingerprint density at radius 1 is 1.18 bits per heavy atom. The summed E-state index contributed by atoms with van der Waals surface area (Å²) in [5, 5.41) is 9.93. The number of carbonyl (C=O) groups excluding carboxylic acids is 3. The van der Waals surface area contributed by atoms with E-state index in [4.69, 9.17) is 0 Å². The van der Waals surface area contributed by atoms with Crippen molar-refractivity contribution in [3.63, 3.8) is 0 Å². The molecule has 1 spiro atoms. The van der Waals surface area contributed by atoms with E-state index >= 15 is 0 Å². The van der Waals surface area contributed by atoms with Crippen LogP contribution in [0.5, 0.6) is 0 Å². The van der Waals surface area contributed by atoms with Gasteiger partial charge in [0.15, 0.2) is 0 Å². The molecule has 0 bridgehead atoms. The van der Waals surface area contributed by atoms with Gasteiger partial charge in [-0.15, -0.1) is 0 Å². The van der Waals surface area contributed by atoms with Gasteiger partial charge in [0.05, 0.1) is 5.69 Å². The lowest BCUT2D eigenvalue weighted by atomic mass is 9.67. The van der Waals surface area contributed by atoms with Gasteiger partial charge in [-0.3, -0.25) is 14.5 Å². The predicted molar refractivity (Wildman–Crippen MR) is 125 cm³/mol. The van der Waals surface area contributed by atoms with Crippen molar-refractivity contribution in [3.05, 3.63) is 48.3 Å². The Hall–Kier alpha value is -3.16. The molecule has 1 aromatic carbocycles. The van der Waals surface area contributed by atoms with Gasteiger partial charge in [-0.05, 0) is 67.2 Å². The summed E-state index contributed by atoms with van der Waals surface area (Å²) < 4.78 is 1.78. The van der Waals surface area contributed by atoms with Gasteiger partial charge in [-0.25, -0.2) is 9.48 Å². The van der Waals surface area contributed by atoms with Gasteiger partial charge in [0.2, 0.25) is 5.91 Å². The van der Waals surface area contributed by atoms with Crippen molar-refractivity contribution < 1.29 is 14.4 Å². The van der Waals surface area contributed by atoms with E-state index in [1.165, 1.54) is 0 Å². The maximum atomic E-state index is 13.1. The molecule has 33 heavy (non-hydrogen) atoms. The monoisotopic (exact) mass is 451 g/mol. The second kappa shape index (κ2) is 9.00. The lowest BCUT2D eigenvalue weighted by Crippen LogP contribution is -2.51. The Labute approximate surface area is 194 Å². The van der Waals surface area contributed by atoms with Crippen LogP contribution in [0.3, 0.4) is 0 Å². The van der Waals surface area contributed by atoms with Crippen molar-refractivity contribution in [3.8, 4) is 5.69 Å². The van der Waals surface area contributed by atoms with Crippen LogP contribution in [0.1, 0.15) is 52.0 Å². The van der Waals surface area contributed by atoms with Crippen molar-refractivity contribution in [2.75, 3.05) is 13.1 Å². The highest BCUT2D eigenvalue weighted by Gasteiger charge is 2.53. The molecule has 2 aliphatic rings. The van der Waals surface area contributed by atoms with Gasteiger partial charge in [0.1, 0.15) is 12.1 Å². The Morgan fingerprint density at radius 3 is 2.48 bits per heavy atom. The standard InChI is InChI=1S/C25H33N5O3/c1-24(2,3)19-9-12-25(13-10-19)22(32)29(23(33)28-25)17-21(31)26-15-11-18-5-7-20(8-6-18)30-16-4-14-27-30/h4-8,14,16,19H,9-13,15,17H2,1-3H3,(H,26,31)(H,28,33). The van der Waals surface area contributed by atoms with E-state index in [1.807, 2.05) is 36.5 Å². The number of hydrogen-bond donors (Lipinski definition) is 2. The highest BCUT2D eigenvalue weighted by molar-refractivity contribution is 6.09. The first-order valence-corrected chi connectivity index (χ1v) is 11.7. The molecule has 1 aromatic heterocycles. The molecular weight excluding hydrogens is 418 g/mol. The summed E-state index contributed by atoms with van der Waals surface area (Å²) in [6.07, 6.45) is 7.32. The lowest BCUT2D eigenvalue weighted by Gasteiger charge is -2.40. The number of hydrogen-bond acceptors (Lipinski definition) is 4. The summed E-state index contributed by atoms with van der Waals surface area (Å²) >= 11 is 0. The third-order valence-corrected chi connectivity index (χ3v) is 7.05. The Bertz CT molecular complexity index is 1000. The van der Waals surface area contributed by atoms with Crippen LogP contribution in [0.4, 0.5) is 4.79 Å². The molecule has 2 N–H and O–H groups in total. The van der Waals surface area contributed by atoms with Crippen LogP contribution in [0.2, 0.25) is 0 Å². The summed E-state index contributed by atoms with van der Waals surface area (Å²) in [7, 11) is 0. The molecule has 4 rings (SSSR count). The summed E-state index contributed by atoms with van der Waals surface area (Å²) in [5.74, 6) is -0.0601. The molecule has 1 saturated carbocycles. The topological polar surface area (TPSA) is 96.3 Å². The van der Waals surface area contributed by atoms with E-state index in [-0.39, 0.29) is 23.8 Å². The number of benzene rings is 1. The van der Waals surface area contributed by atoms with Gasteiger partial charge in [0, 0.05) is 18.9 Å². The van der Waals surface area contributed by atoms with Crippen LogP contribution >= 0.6 is 0 Å². The number of imide groups is 1. The molecular formula is C25H33N5O3. The number of rotatable bonds is 6. The molecule has 2 aromatic rings. The van der Waals surface area contributed by atoms with Crippen LogP contribution in [0.25, 0.3) is 5.69 Å². The minimum atomic E-state index is -0.838. The Balaban J connectivity index is 1.26. The summed E-state index contributed by atoms with van der Waals surface area (Å²) in [6.45, 7) is 6.84. The summed E-state index contributed by atoms with van der Waals surface area (Å²) in [5.41, 5.74) is 1.40. The van der Waals surface area contributed by atoms with Gasteiger partial charge in [-0.1, -0.05) is 32.9 Å². The van der Waals surface area contributed by atoms with Gasteiger partial charge in [-0.2, -0.15) is 5.10 Å². The van der Waals surface area contributed by atoms with Crippen molar-refractivity contribution in [2.24, 2.45) is 11.3 Å². The van der Waals surface area contributed by atoms with Crippen molar-refractivity contribution in [1.29, 1.82) is 0 Å². The molecule has 8 heteroatoms. The number of nitrogens with zero attached hydrogens (tertiary/aromatic N) is 3. The Morgan fingerprint density at radius 2 is 1.88 bits per heavy atom. The van der Waals surface area contributed by atoms with Gasteiger partial charge < -0.3 is 10.6 Å². The smallest absolute Gasteiger partial charge is 0.325 e. The van der Waals surface area contributed by atoms with E-state index in [0.29, 0.717) is 31.7 Å². The van der Waals surface area contributed by atoms with E-state index < -0.39 is 11.6 Å². The van der Waals surface area contributed by atoms with Crippen LogP contribution in [-0.2, 0) is 16.0 Å². The third kappa shape index (κ3) is 4.94. The van der Waals surface area contributed by atoms with E-state index in [0.717, 1.165) is 29.0 Å². The number of aromatic nitrogens is 2. The second-order valence-electron chi connectivity index (χ2n) is 10.3. The normalized spacial score (nSPS) is 23.1. The zero-order valence-electron chi connectivity index (χ0n) is 19.6. The van der Waals surface area contributed by atoms with Crippen molar-refractivity contribution >= 4 is 17.8 Å². The van der Waals surface area contributed by atoms with E-state index in [2.05, 4.69) is 36.5 Å². The number of urea groups is 1. The fourth-order valence-corrected chi connectivity index (χ4v) is 4.92. The predicted octanol–water partition coefficient (Wildman–Crippen LogP) is 3.06. The quantitative estimate of drug-likeness (QED) is 0.660. The van der Waals surface area contributed by atoms with E-state index in [1.54, 1.807) is 10.9 Å². The largest absolute Gasteiger partial charge is 0.354 e. The molecule has 0 atom stereocenters. The number of amides is 4. The number of carbonyl (C=O) groups is 3. The zero-order valence-corrected chi connectivity index (χ0v) is 19.6. The van der Waals surface area contributed by atoms with Crippen LogP contribution in [0, 0.1) is 11.3 Å². The molecule has 2 fully saturated rings. The fraction of sp³-hybridized carbons (Fsp3) is 0.520. The molecule has 1 aliphatic heterocycles. The maximum Gasteiger partial charge on any atom is 0.325 e. The molecule has 2 heterocycles. The molecule has 1 aliphatic carbocycles. The SMILES string of the molecule is CC(C)(C)C1CCC2(CC1)NC(=O)N(CC(=O)NCCc1ccc(-n3cccn3)cc1)C2=O. The van der Waals surface area contributed by atoms with Crippen LogP contribution in [-0.4, -0.2) is 51.2 Å². The first-order chi connectivity index (χ1) is 15.7. The maximum absolute atomic E-state index is 13.1. The second-order valence-corrected chi connectivity index (χ2v) is 10.3. The zero-order chi connectivity index (χ0) is 23.6. The average molecular weight is 452 g/mol.